The second kappa shape index (κ2) is 7.00. The van der Waals surface area contributed by atoms with Crippen molar-refractivity contribution >= 4 is 5.91 Å². The topological polar surface area (TPSA) is 45.5 Å². The lowest BCUT2D eigenvalue weighted by Gasteiger charge is -2.26. The molecule has 2 aliphatic rings. The maximum Gasteiger partial charge on any atom is 0.223 e. The average Bonchev–Trinajstić information content (AvgIpc) is 3.03. The second-order valence-electron chi connectivity index (χ2n) is 6.99. The molecule has 5 heteroatoms. The Bertz CT molecular complexity index is 725. The van der Waals surface area contributed by atoms with Gasteiger partial charge in [0.15, 0.2) is 0 Å². The van der Waals surface area contributed by atoms with Gasteiger partial charge in [0.05, 0.1) is 12.3 Å². The van der Waals surface area contributed by atoms with Crippen LogP contribution >= 0.6 is 0 Å². The molecule has 4 rings (SSSR count). The Balaban J connectivity index is 1.37. The first kappa shape index (κ1) is 16.3. The predicted octanol–water partition coefficient (Wildman–Crippen LogP) is 3.48. The van der Waals surface area contributed by atoms with Gasteiger partial charge in [0.1, 0.15) is 11.6 Å². The number of hydrogen-bond donors (Lipinski definition) is 1. The van der Waals surface area contributed by atoms with Crippen LogP contribution in [0.3, 0.4) is 0 Å². The van der Waals surface area contributed by atoms with Crippen LogP contribution in [0.2, 0.25) is 0 Å². The van der Waals surface area contributed by atoms with E-state index in [0.717, 1.165) is 25.3 Å². The number of nitrogens with zero attached hydrogens (tertiary/aromatic N) is 1. The highest BCUT2D eigenvalue weighted by Crippen LogP contribution is 2.48. The van der Waals surface area contributed by atoms with E-state index in [2.05, 4.69) is 10.2 Å². The predicted molar refractivity (Wildman–Crippen MR) is 92.5 cm³/mol. The lowest BCUT2D eigenvalue weighted by atomic mass is 10.1. The van der Waals surface area contributed by atoms with Crippen LogP contribution in [-0.4, -0.2) is 30.4 Å². The number of likely N-dealkylation sites (tertiary alicyclic amines) is 1. The van der Waals surface area contributed by atoms with E-state index < -0.39 is 0 Å². The van der Waals surface area contributed by atoms with Crippen LogP contribution in [0.25, 0.3) is 0 Å². The highest BCUT2D eigenvalue weighted by atomic mass is 19.1. The van der Waals surface area contributed by atoms with E-state index in [1.54, 1.807) is 18.4 Å². The molecule has 2 aromatic rings. The molecule has 132 valence electrons. The van der Waals surface area contributed by atoms with E-state index >= 15 is 0 Å². The Morgan fingerprint density at radius 1 is 1.24 bits per heavy atom. The van der Waals surface area contributed by atoms with E-state index in [9.17, 15) is 9.18 Å². The van der Waals surface area contributed by atoms with Crippen LogP contribution in [0.15, 0.2) is 47.1 Å². The monoisotopic (exact) mass is 342 g/mol. The SMILES string of the molecule is O=C(NCC(c1ccco1)N1CCCC1)C1CC1c1ccccc1F. The van der Waals surface area contributed by atoms with Crippen molar-refractivity contribution in [3.8, 4) is 0 Å². The van der Waals surface area contributed by atoms with Crippen molar-refractivity contribution in [2.45, 2.75) is 31.2 Å². The van der Waals surface area contributed by atoms with Crippen LogP contribution in [0.4, 0.5) is 4.39 Å². The first-order valence-corrected chi connectivity index (χ1v) is 9.03. The summed E-state index contributed by atoms with van der Waals surface area (Å²) in [4.78, 5) is 14.9. The first-order chi connectivity index (χ1) is 12.2. The summed E-state index contributed by atoms with van der Waals surface area (Å²) >= 11 is 0. The Morgan fingerprint density at radius 2 is 2.04 bits per heavy atom. The van der Waals surface area contributed by atoms with Crippen molar-refractivity contribution in [3.63, 3.8) is 0 Å². The van der Waals surface area contributed by atoms with Crippen molar-refractivity contribution in [2.24, 2.45) is 5.92 Å². The highest BCUT2D eigenvalue weighted by molar-refractivity contribution is 5.82. The minimum absolute atomic E-state index is 0.00931. The number of furan rings is 1. The van der Waals surface area contributed by atoms with Crippen LogP contribution < -0.4 is 5.32 Å². The highest BCUT2D eigenvalue weighted by Gasteiger charge is 2.45. The van der Waals surface area contributed by atoms with Crippen molar-refractivity contribution in [3.05, 3.63) is 59.8 Å². The zero-order chi connectivity index (χ0) is 17.2. The smallest absolute Gasteiger partial charge is 0.223 e. The maximum absolute atomic E-state index is 13.9. The largest absolute Gasteiger partial charge is 0.468 e. The van der Waals surface area contributed by atoms with Gasteiger partial charge in [-0.15, -0.1) is 0 Å². The average molecular weight is 342 g/mol. The van der Waals surface area contributed by atoms with Gasteiger partial charge in [-0.1, -0.05) is 18.2 Å². The van der Waals surface area contributed by atoms with Crippen LogP contribution in [-0.2, 0) is 4.79 Å². The van der Waals surface area contributed by atoms with E-state index in [0.29, 0.717) is 12.1 Å². The number of carbonyl (C=O) groups is 1. The molecule has 1 aliphatic carbocycles. The van der Waals surface area contributed by atoms with E-state index in [1.165, 1.54) is 18.9 Å². The Hall–Kier alpha value is -2.14. The summed E-state index contributed by atoms with van der Waals surface area (Å²) < 4.78 is 19.5. The Morgan fingerprint density at radius 3 is 2.76 bits per heavy atom. The molecule has 25 heavy (non-hydrogen) atoms. The summed E-state index contributed by atoms with van der Waals surface area (Å²) in [6, 6.07) is 10.7. The van der Waals surface area contributed by atoms with Gasteiger partial charge < -0.3 is 9.73 Å². The fraction of sp³-hybridized carbons (Fsp3) is 0.450. The molecule has 1 saturated carbocycles. The summed E-state index contributed by atoms with van der Waals surface area (Å²) in [7, 11) is 0. The van der Waals surface area contributed by atoms with Crippen molar-refractivity contribution in [1.82, 2.24) is 10.2 Å². The molecule has 4 nitrogen and oxygen atoms in total. The third kappa shape index (κ3) is 3.47. The summed E-state index contributed by atoms with van der Waals surface area (Å²) in [6.45, 7) is 2.60. The summed E-state index contributed by atoms with van der Waals surface area (Å²) in [5.74, 6) is 0.587. The van der Waals surface area contributed by atoms with Crippen molar-refractivity contribution < 1.29 is 13.6 Å². The van der Waals surface area contributed by atoms with Gasteiger partial charge in [-0.25, -0.2) is 4.39 Å². The zero-order valence-electron chi connectivity index (χ0n) is 14.2. The van der Waals surface area contributed by atoms with Gasteiger partial charge in [0.25, 0.3) is 0 Å². The van der Waals surface area contributed by atoms with E-state index in [1.807, 2.05) is 18.2 Å². The second-order valence-corrected chi connectivity index (χ2v) is 6.99. The number of hydrogen-bond acceptors (Lipinski definition) is 3. The lowest BCUT2D eigenvalue weighted by Crippen LogP contribution is -2.37. The standard InChI is InChI=1S/C20H23FN2O2/c21-17-7-2-1-6-14(17)15-12-16(15)20(24)22-13-18(19-8-5-11-25-19)23-9-3-4-10-23/h1-2,5-8,11,15-16,18H,3-4,9-10,12-13H2,(H,22,24). The summed E-state index contributed by atoms with van der Waals surface area (Å²) in [6.07, 6.45) is 4.77. The molecule has 1 saturated heterocycles. The molecule has 0 spiro atoms. The van der Waals surface area contributed by atoms with Crippen LogP contribution in [0.5, 0.6) is 0 Å². The van der Waals surface area contributed by atoms with Gasteiger partial charge in [-0.05, 0) is 62.0 Å². The minimum atomic E-state index is -0.215. The molecule has 3 atom stereocenters. The molecule has 1 N–H and O–H groups in total. The number of rotatable bonds is 6. The fourth-order valence-corrected chi connectivity index (χ4v) is 3.88. The molecule has 3 unspecified atom stereocenters. The number of nitrogens with one attached hydrogen (secondary N) is 1. The van der Waals surface area contributed by atoms with Gasteiger partial charge >= 0.3 is 0 Å². The van der Waals surface area contributed by atoms with Gasteiger partial charge in [0.2, 0.25) is 5.91 Å². The van der Waals surface area contributed by atoms with Gasteiger partial charge in [0, 0.05) is 12.5 Å². The fourth-order valence-electron chi connectivity index (χ4n) is 3.88. The third-order valence-electron chi connectivity index (χ3n) is 5.35. The number of benzene rings is 1. The summed E-state index contributed by atoms with van der Waals surface area (Å²) in [5, 5.41) is 3.07. The van der Waals surface area contributed by atoms with Crippen molar-refractivity contribution in [1.29, 1.82) is 0 Å². The van der Waals surface area contributed by atoms with Crippen LogP contribution in [0, 0.1) is 11.7 Å². The number of halogens is 1. The number of amides is 1. The lowest BCUT2D eigenvalue weighted by molar-refractivity contribution is -0.122. The molecule has 0 radical (unpaired) electrons. The Labute approximate surface area is 147 Å². The first-order valence-electron chi connectivity index (χ1n) is 9.03. The molecule has 1 amide bonds. The van der Waals surface area contributed by atoms with E-state index in [-0.39, 0.29) is 29.6 Å². The summed E-state index contributed by atoms with van der Waals surface area (Å²) in [5.41, 5.74) is 0.657. The molecular weight excluding hydrogens is 319 g/mol. The third-order valence-corrected chi connectivity index (χ3v) is 5.35. The molecule has 2 fully saturated rings. The normalized spacial score (nSPS) is 24.2. The molecule has 1 aromatic carbocycles. The molecule has 2 heterocycles. The Kier molecular flexibility index (Phi) is 4.57. The van der Waals surface area contributed by atoms with Gasteiger partial charge in [-0.3, -0.25) is 9.69 Å². The molecule has 1 aliphatic heterocycles. The van der Waals surface area contributed by atoms with Crippen molar-refractivity contribution in [2.75, 3.05) is 19.6 Å². The molecule has 0 bridgehead atoms. The molecule has 1 aromatic heterocycles. The zero-order valence-corrected chi connectivity index (χ0v) is 14.2. The maximum atomic E-state index is 13.9. The minimum Gasteiger partial charge on any atom is -0.468 e. The van der Waals surface area contributed by atoms with Crippen LogP contribution in [0.1, 0.15) is 42.5 Å². The molecular formula is C20H23FN2O2. The van der Waals surface area contributed by atoms with E-state index in [4.69, 9.17) is 4.42 Å². The number of carbonyl (C=O) groups excluding carboxylic acids is 1. The quantitative estimate of drug-likeness (QED) is 0.874. The van der Waals surface area contributed by atoms with Gasteiger partial charge in [-0.2, -0.15) is 0 Å².